The molecule has 0 aliphatic carbocycles. The Morgan fingerprint density at radius 3 is 2.69 bits per heavy atom. The highest BCUT2D eigenvalue weighted by molar-refractivity contribution is 5.88. The number of allylic oxidation sites excluding steroid dienone is 1. The fourth-order valence-electron chi connectivity index (χ4n) is 3.13. The maximum atomic E-state index is 12.1. The minimum atomic E-state index is -0.520. The number of nitrogens with two attached hydrogens (primary N) is 1. The zero-order valence-electron chi connectivity index (χ0n) is 15.2. The number of rotatable bonds is 4. The molecule has 0 radical (unpaired) electrons. The highest BCUT2D eigenvalue weighted by Gasteiger charge is 2.32. The van der Waals surface area contributed by atoms with Crippen LogP contribution in [0.4, 0.5) is 0 Å². The van der Waals surface area contributed by atoms with Crippen molar-refractivity contribution in [1.82, 2.24) is 0 Å². The van der Waals surface area contributed by atoms with Crippen molar-refractivity contribution in [3.8, 4) is 17.6 Å². The van der Waals surface area contributed by atoms with Gasteiger partial charge in [0.15, 0.2) is 0 Å². The van der Waals surface area contributed by atoms with Gasteiger partial charge in [0.2, 0.25) is 5.88 Å². The van der Waals surface area contributed by atoms with Gasteiger partial charge in [-0.15, -0.1) is 0 Å². The van der Waals surface area contributed by atoms with E-state index >= 15 is 0 Å². The summed E-state index contributed by atoms with van der Waals surface area (Å²) in [4.78, 5) is 12.1. The summed E-state index contributed by atoms with van der Waals surface area (Å²) >= 11 is 0. The summed E-state index contributed by atoms with van der Waals surface area (Å²) in [6, 6.07) is 20.0. The average Bonchev–Trinajstić information content (AvgIpc) is 3.26. The van der Waals surface area contributed by atoms with Crippen molar-refractivity contribution in [3.05, 3.63) is 101 Å². The number of nitriles is 1. The quantitative estimate of drug-likeness (QED) is 0.413. The van der Waals surface area contributed by atoms with Crippen LogP contribution in [0.1, 0.15) is 22.8 Å². The minimum Gasteiger partial charge on any atom is -0.468 e. The number of carbonyl (C=O) groups excluding carboxylic acids is 1. The fourth-order valence-corrected chi connectivity index (χ4v) is 3.13. The number of furan rings is 1. The van der Waals surface area contributed by atoms with Gasteiger partial charge in [-0.3, -0.25) is 0 Å². The van der Waals surface area contributed by atoms with Gasteiger partial charge in [0, 0.05) is 17.7 Å². The van der Waals surface area contributed by atoms with E-state index in [1.165, 1.54) is 12.3 Å². The van der Waals surface area contributed by atoms with Crippen molar-refractivity contribution in [1.29, 1.82) is 5.26 Å². The van der Waals surface area contributed by atoms with Crippen LogP contribution in [0.2, 0.25) is 0 Å². The van der Waals surface area contributed by atoms with Gasteiger partial charge in [-0.2, -0.15) is 5.26 Å². The molecule has 1 aromatic heterocycles. The molecule has 0 fully saturated rings. The zero-order chi connectivity index (χ0) is 20.2. The molecule has 4 rings (SSSR count). The average molecular weight is 384 g/mol. The van der Waals surface area contributed by atoms with Gasteiger partial charge >= 0.3 is 5.97 Å². The Morgan fingerprint density at radius 2 is 1.97 bits per heavy atom. The summed E-state index contributed by atoms with van der Waals surface area (Å²) in [5.74, 6) is 0.270. The molecular weight excluding hydrogens is 368 g/mol. The van der Waals surface area contributed by atoms with E-state index in [1.807, 2.05) is 30.3 Å². The van der Waals surface area contributed by atoms with Crippen molar-refractivity contribution in [2.75, 3.05) is 0 Å². The van der Waals surface area contributed by atoms with Crippen LogP contribution >= 0.6 is 0 Å². The minimum absolute atomic E-state index is 0.00569. The van der Waals surface area contributed by atoms with Crippen molar-refractivity contribution in [3.63, 3.8) is 0 Å². The van der Waals surface area contributed by atoms with Gasteiger partial charge in [-0.05, 0) is 29.8 Å². The number of hydrogen-bond donors (Lipinski definition) is 1. The Labute approximate surface area is 167 Å². The molecule has 1 aliphatic heterocycles. The number of ether oxygens (including phenoxy) is 2. The Bertz CT molecular complexity index is 1140. The van der Waals surface area contributed by atoms with Gasteiger partial charge in [0.1, 0.15) is 28.9 Å². The molecule has 3 aromatic rings. The van der Waals surface area contributed by atoms with E-state index in [9.17, 15) is 10.1 Å². The number of esters is 1. The summed E-state index contributed by atoms with van der Waals surface area (Å²) in [6.45, 7) is 0. The van der Waals surface area contributed by atoms with Gasteiger partial charge in [0.05, 0.1) is 12.2 Å². The molecule has 6 heteroatoms. The molecule has 142 valence electrons. The molecule has 2 aromatic carbocycles. The number of carbonyl (C=O) groups is 1. The van der Waals surface area contributed by atoms with E-state index in [0.29, 0.717) is 22.8 Å². The molecule has 1 unspecified atom stereocenters. The van der Waals surface area contributed by atoms with Crippen molar-refractivity contribution >= 4 is 12.0 Å². The Morgan fingerprint density at radius 1 is 1.14 bits per heavy atom. The molecule has 29 heavy (non-hydrogen) atoms. The number of nitrogens with zero attached hydrogens (tertiary/aromatic N) is 1. The van der Waals surface area contributed by atoms with E-state index in [4.69, 9.17) is 19.6 Å². The largest absolute Gasteiger partial charge is 0.468 e. The van der Waals surface area contributed by atoms with E-state index in [2.05, 4.69) is 6.07 Å². The van der Waals surface area contributed by atoms with E-state index in [1.54, 1.807) is 36.4 Å². The summed E-state index contributed by atoms with van der Waals surface area (Å²) in [6.07, 6.45) is 4.55. The molecule has 2 heterocycles. The molecule has 0 saturated heterocycles. The standard InChI is InChI=1S/C23H16N2O4/c24-14-18-22(19-7-4-12-27-19)17-10-9-16(13-20(17)29-23(18)25)28-21(26)11-8-15-5-2-1-3-6-15/h1-13,22H,25H2/b11-8+. The fraction of sp³-hybridized carbons (Fsp3) is 0.0435. The third-order valence-corrected chi connectivity index (χ3v) is 4.45. The monoisotopic (exact) mass is 384 g/mol. The summed E-state index contributed by atoms with van der Waals surface area (Å²) in [7, 11) is 0. The van der Waals surface area contributed by atoms with Gasteiger partial charge in [0.25, 0.3) is 0 Å². The van der Waals surface area contributed by atoms with Crippen molar-refractivity contribution in [2.24, 2.45) is 5.73 Å². The normalized spacial score (nSPS) is 15.5. The second-order valence-electron chi connectivity index (χ2n) is 6.30. The Kier molecular flexibility index (Phi) is 4.87. The van der Waals surface area contributed by atoms with E-state index < -0.39 is 11.9 Å². The van der Waals surface area contributed by atoms with Crippen LogP contribution in [-0.2, 0) is 4.79 Å². The second-order valence-corrected chi connectivity index (χ2v) is 6.30. The maximum Gasteiger partial charge on any atom is 0.336 e. The highest BCUT2D eigenvalue weighted by atomic mass is 16.5. The highest BCUT2D eigenvalue weighted by Crippen LogP contribution is 2.43. The first kappa shape index (κ1) is 18.1. The molecule has 0 bridgehead atoms. The number of fused-ring (bicyclic) bond motifs is 1. The summed E-state index contributed by atoms with van der Waals surface area (Å²) < 4.78 is 16.5. The molecule has 1 aliphatic rings. The zero-order valence-corrected chi connectivity index (χ0v) is 15.2. The van der Waals surface area contributed by atoms with Gasteiger partial charge < -0.3 is 19.6 Å². The van der Waals surface area contributed by atoms with Crippen molar-refractivity contribution in [2.45, 2.75) is 5.92 Å². The number of hydrogen-bond acceptors (Lipinski definition) is 6. The molecule has 0 spiro atoms. The third-order valence-electron chi connectivity index (χ3n) is 4.45. The lowest BCUT2D eigenvalue weighted by atomic mass is 9.87. The smallest absolute Gasteiger partial charge is 0.336 e. The predicted molar refractivity (Wildman–Crippen MR) is 106 cm³/mol. The van der Waals surface area contributed by atoms with Crippen LogP contribution in [0.5, 0.6) is 11.5 Å². The van der Waals surface area contributed by atoms with Gasteiger partial charge in [-0.1, -0.05) is 36.4 Å². The molecule has 6 nitrogen and oxygen atoms in total. The Hall–Kier alpha value is -4.24. The van der Waals surface area contributed by atoms with E-state index in [0.717, 1.165) is 5.56 Å². The van der Waals surface area contributed by atoms with Crippen LogP contribution in [0.15, 0.2) is 88.9 Å². The predicted octanol–water partition coefficient (Wildman–Crippen LogP) is 4.12. The topological polar surface area (TPSA) is 98.5 Å². The molecule has 2 N–H and O–H groups in total. The summed E-state index contributed by atoms with van der Waals surface area (Å²) in [5, 5.41) is 9.50. The Balaban J connectivity index is 1.58. The molecule has 1 atom stereocenters. The van der Waals surface area contributed by atoms with Crippen LogP contribution in [0, 0.1) is 11.3 Å². The van der Waals surface area contributed by atoms with E-state index in [-0.39, 0.29) is 11.5 Å². The lowest BCUT2D eigenvalue weighted by Gasteiger charge is -2.25. The lowest BCUT2D eigenvalue weighted by Crippen LogP contribution is -2.20. The SMILES string of the molecule is N#CC1=C(N)Oc2cc(OC(=O)/C=C/c3ccccc3)ccc2C1c1ccco1. The molecule has 0 amide bonds. The summed E-state index contributed by atoms with van der Waals surface area (Å²) in [5.41, 5.74) is 7.79. The van der Waals surface area contributed by atoms with Crippen molar-refractivity contribution < 1.29 is 18.7 Å². The lowest BCUT2D eigenvalue weighted by molar-refractivity contribution is -0.128. The van der Waals surface area contributed by atoms with Crippen LogP contribution < -0.4 is 15.2 Å². The number of benzene rings is 2. The maximum absolute atomic E-state index is 12.1. The molecule has 0 saturated carbocycles. The van der Waals surface area contributed by atoms with Crippen LogP contribution in [0.3, 0.4) is 0 Å². The molecular formula is C23H16N2O4. The van der Waals surface area contributed by atoms with Gasteiger partial charge in [-0.25, -0.2) is 4.79 Å². The first-order valence-electron chi connectivity index (χ1n) is 8.85. The van der Waals surface area contributed by atoms with Crippen LogP contribution in [-0.4, -0.2) is 5.97 Å². The second kappa shape index (κ2) is 7.79. The van der Waals surface area contributed by atoms with Crippen LogP contribution in [0.25, 0.3) is 6.08 Å². The first-order valence-corrected chi connectivity index (χ1v) is 8.85. The first-order chi connectivity index (χ1) is 14.2. The third kappa shape index (κ3) is 3.75.